The molecule has 7 nitrogen and oxygen atoms in total. The summed E-state index contributed by atoms with van der Waals surface area (Å²) in [5, 5.41) is 15.5. The second-order valence-corrected chi connectivity index (χ2v) is 5.76. The Morgan fingerprint density at radius 2 is 2.00 bits per heavy atom. The molecule has 2 aromatic rings. The Labute approximate surface area is 153 Å². The van der Waals surface area contributed by atoms with Crippen LogP contribution in [0.5, 0.6) is 5.75 Å². The van der Waals surface area contributed by atoms with E-state index in [1.54, 1.807) is 31.2 Å². The van der Waals surface area contributed by atoms with Crippen molar-refractivity contribution in [1.82, 2.24) is 5.43 Å². The van der Waals surface area contributed by atoms with Crippen molar-refractivity contribution in [2.45, 2.75) is 6.92 Å². The lowest BCUT2D eigenvalue weighted by atomic mass is 10.2. The Bertz CT molecular complexity index is 820. The summed E-state index contributed by atoms with van der Waals surface area (Å²) in [5.41, 5.74) is 3.20. The van der Waals surface area contributed by atoms with E-state index in [9.17, 15) is 14.9 Å². The van der Waals surface area contributed by atoms with E-state index in [1.165, 1.54) is 18.3 Å². The van der Waals surface area contributed by atoms with Crippen molar-refractivity contribution in [1.29, 1.82) is 0 Å². The van der Waals surface area contributed by atoms with Gasteiger partial charge in [-0.2, -0.15) is 5.10 Å². The summed E-state index contributed by atoms with van der Waals surface area (Å²) >= 11 is 11.9. The standard InChI is InChI=1S/C16H13Cl2N3O4/c1-10-5-6-15(14(7-10)21(23)24)25-9-16(22)20-19-8-11-12(17)3-2-4-13(11)18/h2-8H,9H2,1H3,(H,20,22)/b19-8+. The first kappa shape index (κ1) is 18.7. The van der Waals surface area contributed by atoms with Gasteiger partial charge in [0.15, 0.2) is 12.4 Å². The smallest absolute Gasteiger partial charge is 0.311 e. The number of carbonyl (C=O) groups is 1. The molecule has 0 heterocycles. The summed E-state index contributed by atoms with van der Waals surface area (Å²) in [6.07, 6.45) is 1.30. The quantitative estimate of drug-likeness (QED) is 0.468. The molecule has 0 unspecified atom stereocenters. The van der Waals surface area contributed by atoms with E-state index < -0.39 is 17.4 Å². The van der Waals surface area contributed by atoms with Gasteiger partial charge in [-0.25, -0.2) is 5.43 Å². The average Bonchev–Trinajstić information content (AvgIpc) is 2.56. The predicted octanol–water partition coefficient (Wildman–Crippen LogP) is 3.74. The SMILES string of the molecule is Cc1ccc(OCC(=O)N/N=C/c2c(Cl)cccc2Cl)c([N+](=O)[O-])c1. The van der Waals surface area contributed by atoms with Crippen LogP contribution in [0, 0.1) is 17.0 Å². The van der Waals surface area contributed by atoms with Gasteiger partial charge < -0.3 is 4.74 Å². The maximum Gasteiger partial charge on any atom is 0.311 e. The lowest BCUT2D eigenvalue weighted by Gasteiger charge is -2.06. The first-order valence-electron chi connectivity index (χ1n) is 7.02. The van der Waals surface area contributed by atoms with Crippen molar-refractivity contribution < 1.29 is 14.5 Å². The molecule has 0 aromatic heterocycles. The Kier molecular flexibility index (Phi) is 6.32. The first-order chi connectivity index (χ1) is 11.9. The number of benzene rings is 2. The molecule has 9 heteroatoms. The van der Waals surface area contributed by atoms with Crippen LogP contribution in [0.25, 0.3) is 0 Å². The Hall–Kier alpha value is -2.64. The number of ether oxygens (including phenoxy) is 1. The molecule has 0 fully saturated rings. The minimum atomic E-state index is -0.589. The Morgan fingerprint density at radius 3 is 2.64 bits per heavy atom. The third-order valence-electron chi connectivity index (χ3n) is 3.05. The molecule has 25 heavy (non-hydrogen) atoms. The highest BCUT2D eigenvalue weighted by atomic mass is 35.5. The van der Waals surface area contributed by atoms with E-state index in [0.29, 0.717) is 21.2 Å². The molecule has 0 radical (unpaired) electrons. The van der Waals surface area contributed by atoms with Gasteiger partial charge in [-0.05, 0) is 30.7 Å². The van der Waals surface area contributed by atoms with Crippen LogP contribution in [0.4, 0.5) is 5.69 Å². The van der Waals surface area contributed by atoms with Gasteiger partial charge in [0.2, 0.25) is 0 Å². The lowest BCUT2D eigenvalue weighted by molar-refractivity contribution is -0.385. The molecule has 0 aliphatic rings. The summed E-state index contributed by atoms with van der Waals surface area (Å²) in [7, 11) is 0. The number of nitro benzene ring substituents is 1. The van der Waals surface area contributed by atoms with Crippen molar-refractivity contribution >= 4 is 41.0 Å². The van der Waals surface area contributed by atoms with Gasteiger partial charge in [0, 0.05) is 11.6 Å². The monoisotopic (exact) mass is 381 g/mol. The van der Waals surface area contributed by atoms with Crippen LogP contribution in [0.2, 0.25) is 10.0 Å². The predicted molar refractivity (Wildman–Crippen MR) is 95.5 cm³/mol. The van der Waals surface area contributed by atoms with E-state index in [2.05, 4.69) is 10.5 Å². The molecule has 2 rings (SSSR count). The molecule has 0 atom stereocenters. The van der Waals surface area contributed by atoms with E-state index in [-0.39, 0.29) is 11.4 Å². The fraction of sp³-hybridized carbons (Fsp3) is 0.125. The fourth-order valence-electron chi connectivity index (χ4n) is 1.87. The minimum absolute atomic E-state index is 0.00359. The van der Waals surface area contributed by atoms with E-state index in [4.69, 9.17) is 27.9 Å². The molecule has 2 aromatic carbocycles. The molecule has 0 bridgehead atoms. The highest BCUT2D eigenvalue weighted by molar-refractivity contribution is 6.38. The second-order valence-electron chi connectivity index (χ2n) is 4.95. The van der Waals surface area contributed by atoms with Crippen LogP contribution >= 0.6 is 23.2 Å². The summed E-state index contributed by atoms with van der Waals surface area (Å²) < 4.78 is 5.19. The van der Waals surface area contributed by atoms with Crippen molar-refractivity contribution in [3.05, 3.63) is 67.7 Å². The normalized spacial score (nSPS) is 10.7. The molecule has 0 aliphatic carbocycles. The molecule has 0 spiro atoms. The van der Waals surface area contributed by atoms with Crippen LogP contribution in [-0.2, 0) is 4.79 Å². The number of hydrogen-bond acceptors (Lipinski definition) is 5. The number of hydrazone groups is 1. The zero-order chi connectivity index (χ0) is 18.4. The number of carbonyl (C=O) groups excluding carboxylic acids is 1. The maximum atomic E-state index is 11.7. The Morgan fingerprint density at radius 1 is 1.32 bits per heavy atom. The molecular weight excluding hydrogens is 369 g/mol. The number of amides is 1. The molecule has 0 saturated carbocycles. The van der Waals surface area contributed by atoms with Gasteiger partial charge in [0.1, 0.15) is 0 Å². The zero-order valence-electron chi connectivity index (χ0n) is 13.0. The number of aryl methyl sites for hydroxylation is 1. The topological polar surface area (TPSA) is 93.8 Å². The number of hydrogen-bond donors (Lipinski definition) is 1. The molecule has 130 valence electrons. The number of nitrogens with one attached hydrogen (secondary N) is 1. The van der Waals surface area contributed by atoms with Crippen LogP contribution in [0.1, 0.15) is 11.1 Å². The van der Waals surface area contributed by atoms with Crippen molar-refractivity contribution in [3.63, 3.8) is 0 Å². The summed E-state index contributed by atoms with van der Waals surface area (Å²) in [5.74, 6) is -0.585. The minimum Gasteiger partial charge on any atom is -0.477 e. The van der Waals surface area contributed by atoms with Crippen LogP contribution in [0.15, 0.2) is 41.5 Å². The summed E-state index contributed by atoms with van der Waals surface area (Å²) in [4.78, 5) is 22.2. The van der Waals surface area contributed by atoms with Crippen molar-refractivity contribution in [3.8, 4) is 5.75 Å². The van der Waals surface area contributed by atoms with E-state index in [0.717, 1.165) is 0 Å². The van der Waals surface area contributed by atoms with Gasteiger partial charge >= 0.3 is 5.69 Å². The molecule has 1 amide bonds. The lowest BCUT2D eigenvalue weighted by Crippen LogP contribution is -2.24. The number of nitrogens with zero attached hydrogens (tertiary/aromatic N) is 2. The van der Waals surface area contributed by atoms with Crippen LogP contribution < -0.4 is 10.2 Å². The third-order valence-corrected chi connectivity index (χ3v) is 3.71. The fourth-order valence-corrected chi connectivity index (χ4v) is 2.37. The number of rotatable bonds is 6. The third kappa shape index (κ3) is 5.17. The van der Waals surface area contributed by atoms with Gasteiger partial charge in [0.25, 0.3) is 5.91 Å². The number of halogens is 2. The highest BCUT2D eigenvalue weighted by Gasteiger charge is 2.16. The van der Waals surface area contributed by atoms with Crippen LogP contribution in [0.3, 0.4) is 0 Å². The van der Waals surface area contributed by atoms with Gasteiger partial charge in [-0.1, -0.05) is 35.3 Å². The zero-order valence-corrected chi connectivity index (χ0v) is 14.5. The largest absolute Gasteiger partial charge is 0.477 e. The van der Waals surface area contributed by atoms with Crippen LogP contribution in [-0.4, -0.2) is 23.7 Å². The molecular formula is C16H13Cl2N3O4. The van der Waals surface area contributed by atoms with Crippen molar-refractivity contribution in [2.24, 2.45) is 5.10 Å². The first-order valence-corrected chi connectivity index (χ1v) is 7.78. The Balaban J connectivity index is 1.96. The van der Waals surface area contributed by atoms with E-state index >= 15 is 0 Å². The number of nitro groups is 1. The second kappa shape index (κ2) is 8.46. The van der Waals surface area contributed by atoms with Gasteiger partial charge in [0.05, 0.1) is 21.2 Å². The van der Waals surface area contributed by atoms with E-state index in [1.807, 2.05) is 0 Å². The van der Waals surface area contributed by atoms with Crippen molar-refractivity contribution in [2.75, 3.05) is 6.61 Å². The maximum absolute atomic E-state index is 11.7. The van der Waals surface area contributed by atoms with Gasteiger partial charge in [-0.3, -0.25) is 14.9 Å². The average molecular weight is 382 g/mol. The molecule has 1 N–H and O–H groups in total. The molecule has 0 saturated heterocycles. The summed E-state index contributed by atoms with van der Waals surface area (Å²) in [6, 6.07) is 9.41. The van der Waals surface area contributed by atoms with Gasteiger partial charge in [-0.15, -0.1) is 0 Å². The molecule has 0 aliphatic heterocycles. The summed E-state index contributed by atoms with van der Waals surface area (Å²) in [6.45, 7) is 1.29. The highest BCUT2D eigenvalue weighted by Crippen LogP contribution is 2.27.